The Morgan fingerprint density at radius 1 is 1.37 bits per heavy atom. The van der Waals surface area contributed by atoms with Crippen LogP contribution in [0.1, 0.15) is 57.1 Å². The number of anilines is 2. The van der Waals surface area contributed by atoms with E-state index in [9.17, 15) is 5.26 Å². The minimum absolute atomic E-state index is 0.355. The van der Waals surface area contributed by atoms with Gasteiger partial charge in [-0.05, 0) is 19.8 Å². The van der Waals surface area contributed by atoms with E-state index in [1.165, 1.54) is 25.7 Å². The van der Waals surface area contributed by atoms with Gasteiger partial charge < -0.3 is 10.6 Å². The summed E-state index contributed by atoms with van der Waals surface area (Å²) in [5.41, 5.74) is 6.66. The first kappa shape index (κ1) is 13.7. The van der Waals surface area contributed by atoms with Crippen molar-refractivity contribution in [2.75, 3.05) is 24.2 Å². The maximum Gasteiger partial charge on any atom is 0.170 e. The van der Waals surface area contributed by atoms with E-state index in [4.69, 9.17) is 5.73 Å². The van der Waals surface area contributed by atoms with Gasteiger partial charge >= 0.3 is 0 Å². The normalized spacial score (nSPS) is 16.9. The molecule has 1 heterocycles. The van der Waals surface area contributed by atoms with Gasteiger partial charge in [-0.2, -0.15) is 10.4 Å². The number of hydrogen-bond acceptors (Lipinski definition) is 4. The first-order chi connectivity index (χ1) is 9.19. The van der Waals surface area contributed by atoms with Gasteiger partial charge in [-0.15, -0.1) is 0 Å². The summed E-state index contributed by atoms with van der Waals surface area (Å²) in [4.78, 5) is 1.97. The number of nitrogens with zero attached hydrogens (tertiary/aromatic N) is 4. The van der Waals surface area contributed by atoms with Crippen LogP contribution in [0.5, 0.6) is 0 Å². The molecule has 0 atom stereocenters. The summed E-state index contributed by atoms with van der Waals surface area (Å²) in [6, 6.07) is 2.56. The molecule has 0 saturated heterocycles. The van der Waals surface area contributed by atoms with Crippen molar-refractivity contribution in [3.8, 4) is 6.07 Å². The van der Waals surface area contributed by atoms with E-state index in [0.29, 0.717) is 23.2 Å². The topological polar surface area (TPSA) is 70.9 Å². The Morgan fingerprint density at radius 3 is 2.53 bits per heavy atom. The number of aromatic nitrogens is 2. The third-order valence-corrected chi connectivity index (χ3v) is 4.05. The van der Waals surface area contributed by atoms with Gasteiger partial charge in [0.05, 0.1) is 6.04 Å². The highest BCUT2D eigenvalue weighted by molar-refractivity contribution is 5.64. The molecule has 0 aromatic carbocycles. The Balaban J connectivity index is 2.35. The second kappa shape index (κ2) is 5.96. The fourth-order valence-corrected chi connectivity index (χ4v) is 2.74. The molecular weight excluding hydrogens is 238 g/mol. The molecule has 0 unspecified atom stereocenters. The van der Waals surface area contributed by atoms with Gasteiger partial charge in [0, 0.05) is 13.6 Å². The number of nitrogen functional groups attached to an aromatic ring is 1. The van der Waals surface area contributed by atoms with Crippen LogP contribution in [0.25, 0.3) is 0 Å². The van der Waals surface area contributed by atoms with Crippen LogP contribution in [0.2, 0.25) is 0 Å². The van der Waals surface area contributed by atoms with Crippen molar-refractivity contribution < 1.29 is 0 Å². The number of nitriles is 1. The van der Waals surface area contributed by atoms with Crippen molar-refractivity contribution in [3.05, 3.63) is 5.56 Å². The Morgan fingerprint density at radius 2 is 2.00 bits per heavy atom. The first-order valence-electron chi connectivity index (χ1n) is 7.18. The maximum atomic E-state index is 9.30. The largest absolute Gasteiger partial charge is 0.383 e. The third kappa shape index (κ3) is 2.67. The van der Waals surface area contributed by atoms with Crippen molar-refractivity contribution in [2.45, 2.75) is 51.5 Å². The standard InChI is InChI=1S/C14H23N5/c1-3-18(2)14-12(10-15)13(16)19(17-14)11-8-6-4-5-7-9-11/h11H,3-9,16H2,1-2H3. The van der Waals surface area contributed by atoms with Gasteiger partial charge in [-0.1, -0.05) is 25.7 Å². The SMILES string of the molecule is CCN(C)c1nn(C2CCCCCC2)c(N)c1C#N. The molecule has 1 aliphatic carbocycles. The van der Waals surface area contributed by atoms with Gasteiger partial charge in [0.1, 0.15) is 17.5 Å². The molecule has 5 nitrogen and oxygen atoms in total. The number of hydrogen-bond donors (Lipinski definition) is 1. The zero-order chi connectivity index (χ0) is 13.8. The van der Waals surface area contributed by atoms with Crippen molar-refractivity contribution in [1.29, 1.82) is 5.26 Å². The van der Waals surface area contributed by atoms with Crippen molar-refractivity contribution in [2.24, 2.45) is 0 Å². The lowest BCUT2D eigenvalue weighted by atomic mass is 10.1. The molecule has 0 spiro atoms. The maximum absolute atomic E-state index is 9.30. The molecule has 104 valence electrons. The number of rotatable bonds is 3. The molecule has 1 aromatic rings. The Kier molecular flexibility index (Phi) is 4.31. The average Bonchev–Trinajstić information content (AvgIpc) is 2.61. The van der Waals surface area contributed by atoms with Gasteiger partial charge in [0.25, 0.3) is 0 Å². The highest BCUT2D eigenvalue weighted by atomic mass is 15.4. The summed E-state index contributed by atoms with van der Waals surface area (Å²) in [6.07, 6.45) is 7.28. The van der Waals surface area contributed by atoms with E-state index in [2.05, 4.69) is 11.2 Å². The molecule has 0 amide bonds. The molecule has 2 rings (SSSR count). The molecule has 1 fully saturated rings. The third-order valence-electron chi connectivity index (χ3n) is 4.05. The molecule has 1 aliphatic rings. The van der Waals surface area contributed by atoms with Crippen molar-refractivity contribution >= 4 is 11.6 Å². The van der Waals surface area contributed by atoms with Gasteiger partial charge in [0.15, 0.2) is 5.82 Å². The Labute approximate surface area is 115 Å². The zero-order valence-corrected chi connectivity index (χ0v) is 11.9. The summed E-state index contributed by atoms with van der Waals surface area (Å²) in [6.45, 7) is 2.86. The lowest BCUT2D eigenvalue weighted by molar-refractivity contribution is 0.411. The summed E-state index contributed by atoms with van der Waals surface area (Å²) in [5, 5.41) is 13.9. The van der Waals surface area contributed by atoms with Crippen LogP contribution < -0.4 is 10.6 Å². The highest BCUT2D eigenvalue weighted by Crippen LogP contribution is 2.32. The minimum Gasteiger partial charge on any atom is -0.383 e. The van der Waals surface area contributed by atoms with Crippen LogP contribution in [0.15, 0.2) is 0 Å². The average molecular weight is 261 g/mol. The summed E-state index contributed by atoms with van der Waals surface area (Å²) < 4.78 is 1.89. The van der Waals surface area contributed by atoms with Gasteiger partial charge in [-0.3, -0.25) is 0 Å². The quantitative estimate of drug-likeness (QED) is 0.849. The van der Waals surface area contributed by atoms with Crippen LogP contribution in [0.3, 0.4) is 0 Å². The lowest BCUT2D eigenvalue weighted by Gasteiger charge is -2.16. The van der Waals surface area contributed by atoms with Crippen LogP contribution in [-0.4, -0.2) is 23.4 Å². The van der Waals surface area contributed by atoms with Crippen molar-refractivity contribution in [1.82, 2.24) is 9.78 Å². The molecule has 1 saturated carbocycles. The molecule has 5 heteroatoms. The van der Waals surface area contributed by atoms with Crippen LogP contribution in [0, 0.1) is 11.3 Å². The summed E-state index contributed by atoms with van der Waals surface area (Å²) in [5.74, 6) is 1.25. The molecule has 0 aliphatic heterocycles. The van der Waals surface area contributed by atoms with E-state index in [1.807, 2.05) is 23.6 Å². The van der Waals surface area contributed by atoms with Crippen molar-refractivity contribution in [3.63, 3.8) is 0 Å². The van der Waals surface area contributed by atoms with E-state index >= 15 is 0 Å². The van der Waals surface area contributed by atoms with E-state index in [0.717, 1.165) is 19.4 Å². The Hall–Kier alpha value is -1.70. The summed E-state index contributed by atoms with van der Waals surface area (Å²) in [7, 11) is 1.94. The predicted molar refractivity (Wildman–Crippen MR) is 77.0 cm³/mol. The lowest BCUT2D eigenvalue weighted by Crippen LogP contribution is -2.18. The predicted octanol–water partition coefficient (Wildman–Crippen LogP) is 2.69. The summed E-state index contributed by atoms with van der Waals surface area (Å²) >= 11 is 0. The molecule has 19 heavy (non-hydrogen) atoms. The molecular formula is C14H23N5. The van der Waals surface area contributed by atoms with E-state index in [-0.39, 0.29) is 0 Å². The molecule has 0 radical (unpaired) electrons. The Bertz CT molecular complexity index is 463. The fraction of sp³-hybridized carbons (Fsp3) is 0.714. The van der Waals surface area contributed by atoms with Gasteiger partial charge in [-0.25, -0.2) is 4.68 Å². The zero-order valence-electron chi connectivity index (χ0n) is 11.9. The van der Waals surface area contributed by atoms with Crippen LogP contribution in [0.4, 0.5) is 11.6 Å². The second-order valence-corrected chi connectivity index (χ2v) is 5.30. The minimum atomic E-state index is 0.355. The van der Waals surface area contributed by atoms with E-state index in [1.54, 1.807) is 0 Å². The van der Waals surface area contributed by atoms with Gasteiger partial charge in [0.2, 0.25) is 0 Å². The fourth-order valence-electron chi connectivity index (χ4n) is 2.74. The molecule has 1 aromatic heterocycles. The molecule has 0 bridgehead atoms. The second-order valence-electron chi connectivity index (χ2n) is 5.30. The van der Waals surface area contributed by atoms with Crippen LogP contribution in [-0.2, 0) is 0 Å². The number of nitrogens with two attached hydrogens (primary N) is 1. The molecule has 2 N–H and O–H groups in total. The first-order valence-corrected chi connectivity index (χ1v) is 7.18. The smallest absolute Gasteiger partial charge is 0.170 e. The highest BCUT2D eigenvalue weighted by Gasteiger charge is 2.23. The monoisotopic (exact) mass is 261 g/mol. The van der Waals surface area contributed by atoms with E-state index < -0.39 is 0 Å². The van der Waals surface area contributed by atoms with Crippen LogP contribution >= 0.6 is 0 Å².